The summed E-state index contributed by atoms with van der Waals surface area (Å²) < 4.78 is 29.4. The van der Waals surface area contributed by atoms with Gasteiger partial charge in [-0.15, -0.1) is 0 Å². The first-order valence-corrected chi connectivity index (χ1v) is 19.4. The van der Waals surface area contributed by atoms with Gasteiger partial charge in [-0.05, 0) is 97.5 Å². The van der Waals surface area contributed by atoms with E-state index in [9.17, 15) is 40.9 Å². The number of aliphatic hydroxyl groups is 8. The Morgan fingerprint density at radius 2 is 1.07 bits per heavy atom. The topological polar surface area (TPSA) is 208 Å². The Labute approximate surface area is 340 Å². The van der Waals surface area contributed by atoms with E-state index in [0.717, 1.165) is 11.1 Å². The largest absolute Gasteiger partial charge is 0.494 e. The molecule has 0 aliphatic carbocycles. The number of halogens is 2. The number of rotatable bonds is 14. The Bertz CT molecular complexity index is 1950. The van der Waals surface area contributed by atoms with Crippen LogP contribution in [-0.2, 0) is 38.6 Å². The van der Waals surface area contributed by atoms with Gasteiger partial charge >= 0.3 is 0 Å². The zero-order valence-corrected chi connectivity index (χ0v) is 32.8. The van der Waals surface area contributed by atoms with Crippen LogP contribution in [-0.4, -0.2) is 116 Å². The number of hydrogen-bond acceptors (Lipinski definition) is 13. The molecule has 0 radical (unpaired) electrons. The van der Waals surface area contributed by atoms with Crippen LogP contribution in [0.4, 0.5) is 0 Å². The highest BCUT2D eigenvalue weighted by atomic mass is 35.5. The molecule has 0 amide bonds. The average molecular weight is 832 g/mol. The summed E-state index contributed by atoms with van der Waals surface area (Å²) in [4.78, 5) is 0. The summed E-state index contributed by atoms with van der Waals surface area (Å²) in [6.45, 7) is 3.26. The third-order valence-corrected chi connectivity index (χ3v) is 11.1. The lowest BCUT2D eigenvalue weighted by Crippen LogP contribution is -2.66. The standard InChI is InChI=1S/C42H48Cl2O13/c1-3-53-29-11-5-23(6-12-29)17-25-19-27(9-15-31(25)43)41(52)39(50)37(48)36(47)34(56-41)22-55-42(40(51)38(49)35(46)33(21-45)57-42)28-10-16-32(44)26(20-28)18-24-7-13-30(14-8-24)54-4-2/h5-16,19-20,33-40,45-52H,3-4,17-18,21-22H2,1-2H3/t33-,34-,35-,36-,37+,38+,39-,40-,41+,42?/m1/s1. The van der Waals surface area contributed by atoms with Crippen LogP contribution in [0.3, 0.4) is 0 Å². The van der Waals surface area contributed by atoms with Crippen molar-refractivity contribution in [3.8, 4) is 11.5 Å². The van der Waals surface area contributed by atoms with Crippen molar-refractivity contribution < 1.29 is 64.5 Å². The fourth-order valence-electron chi connectivity index (χ4n) is 7.21. The number of hydrogen-bond donors (Lipinski definition) is 8. The minimum atomic E-state index is -2.61. The molecule has 4 aromatic carbocycles. The zero-order chi connectivity index (χ0) is 41.1. The fourth-order valence-corrected chi connectivity index (χ4v) is 7.58. The molecule has 8 N–H and O–H groups in total. The fraction of sp³-hybridized carbons (Fsp3) is 0.429. The van der Waals surface area contributed by atoms with Crippen LogP contribution >= 0.6 is 23.2 Å². The summed E-state index contributed by atoms with van der Waals surface area (Å²) in [6.07, 6.45) is -13.9. The Hall–Kier alpha value is -3.38. The monoisotopic (exact) mass is 830 g/mol. The number of benzene rings is 4. The van der Waals surface area contributed by atoms with Gasteiger partial charge in [0, 0.05) is 21.2 Å². The van der Waals surface area contributed by atoms with E-state index in [-0.39, 0.29) is 11.1 Å². The molecule has 2 aliphatic heterocycles. The molecule has 1 unspecified atom stereocenters. The van der Waals surface area contributed by atoms with Crippen molar-refractivity contribution in [1.82, 2.24) is 0 Å². The van der Waals surface area contributed by atoms with Crippen molar-refractivity contribution in [3.63, 3.8) is 0 Å². The van der Waals surface area contributed by atoms with Crippen molar-refractivity contribution in [3.05, 3.63) is 128 Å². The predicted octanol–water partition coefficient (Wildman–Crippen LogP) is 2.94. The van der Waals surface area contributed by atoms with Gasteiger partial charge in [0.2, 0.25) is 11.6 Å². The van der Waals surface area contributed by atoms with Crippen LogP contribution in [0.1, 0.15) is 47.2 Å². The van der Waals surface area contributed by atoms with E-state index < -0.39 is 73.6 Å². The smallest absolute Gasteiger partial charge is 0.225 e. The van der Waals surface area contributed by atoms with Crippen LogP contribution in [0.2, 0.25) is 10.0 Å². The van der Waals surface area contributed by atoms with E-state index >= 15 is 0 Å². The molecule has 0 saturated carbocycles. The van der Waals surface area contributed by atoms with Crippen LogP contribution in [0, 0.1) is 0 Å². The van der Waals surface area contributed by atoms with E-state index in [1.54, 1.807) is 6.07 Å². The van der Waals surface area contributed by atoms with Crippen LogP contribution in [0.5, 0.6) is 11.5 Å². The molecule has 10 atom stereocenters. The molecule has 13 nitrogen and oxygen atoms in total. The van der Waals surface area contributed by atoms with Crippen molar-refractivity contribution >= 4 is 23.2 Å². The zero-order valence-electron chi connectivity index (χ0n) is 31.3. The summed E-state index contributed by atoms with van der Waals surface area (Å²) in [6, 6.07) is 23.7. The third kappa shape index (κ3) is 8.97. The summed E-state index contributed by atoms with van der Waals surface area (Å²) >= 11 is 13.2. The maximum Gasteiger partial charge on any atom is 0.225 e. The van der Waals surface area contributed by atoms with Crippen LogP contribution in [0.15, 0.2) is 84.9 Å². The molecule has 308 valence electrons. The van der Waals surface area contributed by atoms with Gasteiger partial charge in [-0.1, -0.05) is 59.6 Å². The molecule has 57 heavy (non-hydrogen) atoms. The van der Waals surface area contributed by atoms with Crippen molar-refractivity contribution in [1.29, 1.82) is 0 Å². The molecule has 2 heterocycles. The normalized spacial score (nSPS) is 30.2. The van der Waals surface area contributed by atoms with Crippen LogP contribution < -0.4 is 9.47 Å². The van der Waals surface area contributed by atoms with Gasteiger partial charge in [-0.25, -0.2) is 0 Å². The Morgan fingerprint density at radius 3 is 1.58 bits per heavy atom. The average Bonchev–Trinajstić information content (AvgIpc) is 3.21. The summed E-state index contributed by atoms with van der Waals surface area (Å²) in [5, 5.41) is 89.5. The molecule has 6 rings (SSSR count). The van der Waals surface area contributed by atoms with Gasteiger partial charge in [0.05, 0.1) is 26.4 Å². The molecule has 15 heteroatoms. The number of ether oxygens (including phenoxy) is 5. The number of aliphatic hydroxyl groups excluding tert-OH is 7. The first-order valence-electron chi connectivity index (χ1n) is 18.7. The Balaban J connectivity index is 1.31. The minimum Gasteiger partial charge on any atom is -0.494 e. The van der Waals surface area contributed by atoms with Gasteiger partial charge in [0.15, 0.2) is 0 Å². The lowest BCUT2D eigenvalue weighted by atomic mass is 9.86. The Kier molecular flexibility index (Phi) is 13.8. The maximum atomic E-state index is 12.0. The highest BCUT2D eigenvalue weighted by Crippen LogP contribution is 2.43. The van der Waals surface area contributed by atoms with Crippen molar-refractivity contribution in [2.75, 3.05) is 26.4 Å². The molecular weight excluding hydrogens is 783 g/mol. The van der Waals surface area contributed by atoms with E-state index in [0.29, 0.717) is 58.7 Å². The lowest BCUT2D eigenvalue weighted by molar-refractivity contribution is -0.397. The van der Waals surface area contributed by atoms with Gasteiger partial charge in [0.25, 0.3) is 0 Å². The molecule has 0 aromatic heterocycles. The summed E-state index contributed by atoms with van der Waals surface area (Å²) in [7, 11) is 0. The summed E-state index contributed by atoms with van der Waals surface area (Å²) in [5.41, 5.74) is 2.96. The molecule has 0 bridgehead atoms. The van der Waals surface area contributed by atoms with Crippen LogP contribution in [0.25, 0.3) is 0 Å². The minimum absolute atomic E-state index is 0.00970. The maximum absolute atomic E-state index is 12.0. The van der Waals surface area contributed by atoms with E-state index in [2.05, 4.69) is 0 Å². The van der Waals surface area contributed by atoms with Crippen molar-refractivity contribution in [2.24, 2.45) is 0 Å². The lowest BCUT2D eigenvalue weighted by Gasteiger charge is -2.50. The van der Waals surface area contributed by atoms with Gasteiger partial charge in [0.1, 0.15) is 60.3 Å². The molecular formula is C42H48Cl2O13. The van der Waals surface area contributed by atoms with Gasteiger partial charge < -0.3 is 64.5 Å². The molecule has 4 aromatic rings. The summed E-state index contributed by atoms with van der Waals surface area (Å²) in [5.74, 6) is -3.57. The van der Waals surface area contributed by atoms with Gasteiger partial charge in [-0.3, -0.25) is 0 Å². The van der Waals surface area contributed by atoms with E-state index in [1.807, 2.05) is 62.4 Å². The second-order valence-electron chi connectivity index (χ2n) is 14.1. The first kappa shape index (κ1) is 43.2. The molecule has 2 aliphatic rings. The molecule has 2 saturated heterocycles. The first-order chi connectivity index (χ1) is 27.2. The molecule has 2 fully saturated rings. The van der Waals surface area contributed by atoms with E-state index in [4.69, 9.17) is 46.9 Å². The predicted molar refractivity (Wildman–Crippen MR) is 208 cm³/mol. The second-order valence-corrected chi connectivity index (χ2v) is 15.0. The quantitative estimate of drug-likeness (QED) is 0.0922. The highest BCUT2D eigenvalue weighted by Gasteiger charge is 2.58. The molecule has 0 spiro atoms. The second kappa shape index (κ2) is 18.3. The van der Waals surface area contributed by atoms with Gasteiger partial charge in [-0.2, -0.15) is 0 Å². The third-order valence-electron chi connectivity index (χ3n) is 10.4. The Morgan fingerprint density at radius 1 is 0.596 bits per heavy atom. The van der Waals surface area contributed by atoms with E-state index in [1.165, 1.54) is 30.3 Å². The SMILES string of the molecule is CCOc1ccc(Cc2cc(C3(OC[C@H]4O[C@@](O)(c5ccc(Cl)c(Cc6ccc(OCC)cc6)c5)[C@H](O)[C@@H](O)[C@@H]4O)O[C@H](CO)[C@@H](O)[C@H](O)[C@H]3O)ccc2Cl)cc1. The van der Waals surface area contributed by atoms with Crippen molar-refractivity contribution in [2.45, 2.75) is 87.1 Å². The highest BCUT2D eigenvalue weighted by molar-refractivity contribution is 6.31.